The standard InChI is InChI=1S/C34H62O/c1-5-9-13-17-21-25-30-29-34(35)33(28-24-20-16-12-8-4)32(27-23-19-15-11-7-3)31(30)26-22-18-14-10-6-2/h29,35H,5-28H2,1-4H3. The van der Waals surface area contributed by atoms with Crippen LogP contribution < -0.4 is 0 Å². The lowest BCUT2D eigenvalue weighted by molar-refractivity contribution is 0.462. The Morgan fingerprint density at radius 3 is 1.17 bits per heavy atom. The second-order valence-electron chi connectivity index (χ2n) is 11.1. The van der Waals surface area contributed by atoms with E-state index in [1.807, 2.05) is 0 Å². The van der Waals surface area contributed by atoms with Gasteiger partial charge in [-0.15, -0.1) is 0 Å². The van der Waals surface area contributed by atoms with Crippen LogP contribution in [0.4, 0.5) is 0 Å². The molecule has 0 aliphatic carbocycles. The van der Waals surface area contributed by atoms with Gasteiger partial charge in [0.25, 0.3) is 0 Å². The van der Waals surface area contributed by atoms with Crippen molar-refractivity contribution in [1.29, 1.82) is 0 Å². The Balaban J connectivity index is 3.07. The molecule has 0 radical (unpaired) electrons. The molecule has 0 bridgehead atoms. The molecule has 1 nitrogen and oxygen atoms in total. The highest BCUT2D eigenvalue weighted by molar-refractivity contribution is 5.50. The Bertz CT molecular complexity index is 618. The van der Waals surface area contributed by atoms with Gasteiger partial charge in [0.2, 0.25) is 0 Å². The zero-order valence-corrected chi connectivity index (χ0v) is 24.5. The first-order chi connectivity index (χ1) is 17.2. The van der Waals surface area contributed by atoms with Gasteiger partial charge in [-0.1, -0.05) is 130 Å². The predicted molar refractivity (Wildman–Crippen MR) is 158 cm³/mol. The summed E-state index contributed by atoms with van der Waals surface area (Å²) in [6.07, 6.45) is 31.1. The molecule has 1 rings (SSSR count). The van der Waals surface area contributed by atoms with Crippen LogP contribution >= 0.6 is 0 Å². The van der Waals surface area contributed by atoms with E-state index in [1.54, 1.807) is 11.1 Å². The summed E-state index contributed by atoms with van der Waals surface area (Å²) in [5, 5.41) is 11.2. The fourth-order valence-electron chi connectivity index (χ4n) is 5.62. The summed E-state index contributed by atoms with van der Waals surface area (Å²) in [5.41, 5.74) is 6.01. The normalized spacial score (nSPS) is 11.4. The van der Waals surface area contributed by atoms with Crippen LogP contribution in [0.3, 0.4) is 0 Å². The topological polar surface area (TPSA) is 20.2 Å². The summed E-state index contributed by atoms with van der Waals surface area (Å²) >= 11 is 0. The SMILES string of the molecule is CCCCCCCc1cc(O)c(CCCCCCC)c(CCCCCCC)c1CCCCCCC. The van der Waals surface area contributed by atoms with Crippen molar-refractivity contribution in [3.63, 3.8) is 0 Å². The quantitative estimate of drug-likeness (QED) is 0.144. The summed E-state index contributed by atoms with van der Waals surface area (Å²) in [5.74, 6) is 0.613. The number of rotatable bonds is 24. The number of hydrogen-bond acceptors (Lipinski definition) is 1. The molecule has 0 saturated heterocycles. The highest BCUT2D eigenvalue weighted by Crippen LogP contribution is 2.34. The number of phenols is 1. The van der Waals surface area contributed by atoms with Crippen LogP contribution in [0.1, 0.15) is 178 Å². The maximum atomic E-state index is 11.2. The van der Waals surface area contributed by atoms with Crippen LogP contribution in [0.5, 0.6) is 5.75 Å². The van der Waals surface area contributed by atoms with Gasteiger partial charge in [-0.3, -0.25) is 0 Å². The van der Waals surface area contributed by atoms with Crippen molar-refractivity contribution in [3.8, 4) is 5.75 Å². The van der Waals surface area contributed by atoms with Crippen molar-refractivity contribution >= 4 is 0 Å². The van der Waals surface area contributed by atoms with Gasteiger partial charge in [-0.25, -0.2) is 0 Å². The van der Waals surface area contributed by atoms with Crippen molar-refractivity contribution in [3.05, 3.63) is 28.3 Å². The van der Waals surface area contributed by atoms with Crippen LogP contribution in [-0.2, 0) is 25.7 Å². The fourth-order valence-corrected chi connectivity index (χ4v) is 5.62. The summed E-state index contributed by atoms with van der Waals surface area (Å²) in [4.78, 5) is 0. The summed E-state index contributed by atoms with van der Waals surface area (Å²) in [6.45, 7) is 9.19. The Labute approximate surface area is 220 Å². The largest absolute Gasteiger partial charge is 0.508 e. The van der Waals surface area contributed by atoms with E-state index in [4.69, 9.17) is 0 Å². The van der Waals surface area contributed by atoms with E-state index in [-0.39, 0.29) is 0 Å². The smallest absolute Gasteiger partial charge is 0.119 e. The van der Waals surface area contributed by atoms with Gasteiger partial charge in [-0.2, -0.15) is 0 Å². The minimum Gasteiger partial charge on any atom is -0.508 e. The molecule has 0 saturated carbocycles. The molecule has 0 amide bonds. The van der Waals surface area contributed by atoms with Crippen molar-refractivity contribution < 1.29 is 5.11 Å². The maximum Gasteiger partial charge on any atom is 0.119 e. The zero-order valence-electron chi connectivity index (χ0n) is 24.5. The lowest BCUT2D eigenvalue weighted by Crippen LogP contribution is -2.07. The Kier molecular flexibility index (Phi) is 20.4. The molecule has 1 aromatic carbocycles. The first-order valence-corrected chi connectivity index (χ1v) is 16.0. The van der Waals surface area contributed by atoms with E-state index in [0.29, 0.717) is 5.75 Å². The van der Waals surface area contributed by atoms with Gasteiger partial charge in [0.05, 0.1) is 0 Å². The van der Waals surface area contributed by atoms with E-state index in [2.05, 4.69) is 33.8 Å². The molecule has 0 spiro atoms. The third-order valence-electron chi connectivity index (χ3n) is 7.88. The molecule has 0 aliphatic rings. The number of aromatic hydroxyl groups is 1. The predicted octanol–water partition coefficient (Wildman–Crippen LogP) is 11.4. The molecule has 204 valence electrons. The number of benzene rings is 1. The van der Waals surface area contributed by atoms with E-state index < -0.39 is 0 Å². The van der Waals surface area contributed by atoms with Crippen LogP contribution in [0.25, 0.3) is 0 Å². The highest BCUT2D eigenvalue weighted by atomic mass is 16.3. The lowest BCUT2D eigenvalue weighted by Gasteiger charge is -2.21. The summed E-state index contributed by atoms with van der Waals surface area (Å²) in [6, 6.07) is 2.20. The monoisotopic (exact) mass is 486 g/mol. The van der Waals surface area contributed by atoms with Crippen LogP contribution in [0.15, 0.2) is 6.07 Å². The van der Waals surface area contributed by atoms with Crippen LogP contribution in [0, 0.1) is 0 Å². The molecule has 35 heavy (non-hydrogen) atoms. The van der Waals surface area contributed by atoms with Crippen molar-refractivity contribution in [1.82, 2.24) is 0 Å². The van der Waals surface area contributed by atoms with Gasteiger partial charge in [0, 0.05) is 0 Å². The van der Waals surface area contributed by atoms with Gasteiger partial charge in [0.15, 0.2) is 0 Å². The highest BCUT2D eigenvalue weighted by Gasteiger charge is 2.17. The molecule has 0 aliphatic heterocycles. The van der Waals surface area contributed by atoms with Crippen LogP contribution in [0.2, 0.25) is 0 Å². The molecular formula is C34H62O. The molecule has 0 aromatic heterocycles. The number of aryl methyl sites for hydroxylation is 1. The number of unbranched alkanes of at least 4 members (excludes halogenated alkanes) is 16. The Morgan fingerprint density at radius 2 is 0.743 bits per heavy atom. The third-order valence-corrected chi connectivity index (χ3v) is 7.88. The summed E-state index contributed by atoms with van der Waals surface area (Å²) < 4.78 is 0. The Hall–Kier alpha value is -0.980. The molecular weight excluding hydrogens is 424 g/mol. The molecule has 0 fully saturated rings. The molecule has 1 aromatic rings. The van der Waals surface area contributed by atoms with Gasteiger partial charge in [-0.05, 0) is 79.7 Å². The average molecular weight is 487 g/mol. The molecule has 1 N–H and O–H groups in total. The second kappa shape index (κ2) is 22.2. The van der Waals surface area contributed by atoms with Crippen molar-refractivity contribution in [2.75, 3.05) is 0 Å². The first-order valence-electron chi connectivity index (χ1n) is 16.0. The minimum atomic E-state index is 0.613. The van der Waals surface area contributed by atoms with E-state index in [1.165, 1.54) is 152 Å². The van der Waals surface area contributed by atoms with E-state index >= 15 is 0 Å². The number of hydrogen-bond donors (Lipinski definition) is 1. The fraction of sp³-hybridized carbons (Fsp3) is 0.824. The Morgan fingerprint density at radius 1 is 0.400 bits per heavy atom. The molecule has 0 heterocycles. The van der Waals surface area contributed by atoms with Gasteiger partial charge >= 0.3 is 0 Å². The third kappa shape index (κ3) is 14.4. The van der Waals surface area contributed by atoms with Gasteiger partial charge in [0.1, 0.15) is 5.75 Å². The minimum absolute atomic E-state index is 0.613. The molecule has 0 unspecified atom stereocenters. The van der Waals surface area contributed by atoms with Crippen LogP contribution in [-0.4, -0.2) is 5.11 Å². The maximum absolute atomic E-state index is 11.2. The molecule has 1 heteroatoms. The average Bonchev–Trinajstić information content (AvgIpc) is 2.85. The zero-order chi connectivity index (χ0) is 25.6. The second-order valence-corrected chi connectivity index (χ2v) is 11.1. The lowest BCUT2D eigenvalue weighted by atomic mass is 9.85. The van der Waals surface area contributed by atoms with E-state index in [9.17, 15) is 5.11 Å². The van der Waals surface area contributed by atoms with Gasteiger partial charge < -0.3 is 5.11 Å². The van der Waals surface area contributed by atoms with Crippen molar-refractivity contribution in [2.24, 2.45) is 0 Å². The summed E-state index contributed by atoms with van der Waals surface area (Å²) in [7, 11) is 0. The first kappa shape index (κ1) is 32.0. The number of phenolic OH excluding ortho intramolecular Hbond substituents is 1. The van der Waals surface area contributed by atoms with E-state index in [0.717, 1.165) is 12.8 Å². The molecule has 0 atom stereocenters. The van der Waals surface area contributed by atoms with Crippen molar-refractivity contribution in [2.45, 2.75) is 182 Å².